The van der Waals surface area contributed by atoms with Gasteiger partial charge in [0, 0.05) is 24.0 Å². The summed E-state index contributed by atoms with van der Waals surface area (Å²) in [6.07, 6.45) is 2.07. The molecule has 2 aromatic rings. The maximum absolute atomic E-state index is 12.2. The lowest BCUT2D eigenvalue weighted by Crippen LogP contribution is -2.18. The van der Waals surface area contributed by atoms with Gasteiger partial charge in [0.05, 0.1) is 7.11 Å². The number of hydrogen-bond donors (Lipinski definition) is 2. The Morgan fingerprint density at radius 1 is 1.19 bits per heavy atom. The molecule has 0 aliphatic rings. The molecule has 0 unspecified atom stereocenters. The largest absolute Gasteiger partial charge is 0.496 e. The van der Waals surface area contributed by atoms with Crippen LogP contribution in [0.2, 0.25) is 0 Å². The van der Waals surface area contributed by atoms with Crippen LogP contribution < -0.4 is 15.4 Å². The Morgan fingerprint density at radius 2 is 1.96 bits per heavy atom. The van der Waals surface area contributed by atoms with Gasteiger partial charge in [-0.1, -0.05) is 30.3 Å². The lowest BCUT2D eigenvalue weighted by molar-refractivity contribution is -0.112. The molecule has 0 aromatic heterocycles. The molecular formula is C21H21N3O3. The number of carbonyl (C=O) groups is 2. The van der Waals surface area contributed by atoms with Gasteiger partial charge < -0.3 is 15.4 Å². The third-order valence-electron chi connectivity index (χ3n) is 3.87. The Morgan fingerprint density at radius 3 is 2.67 bits per heavy atom. The zero-order valence-corrected chi connectivity index (χ0v) is 15.3. The van der Waals surface area contributed by atoms with Crippen LogP contribution >= 0.6 is 0 Å². The Hall–Kier alpha value is -3.59. The van der Waals surface area contributed by atoms with Crippen LogP contribution in [-0.4, -0.2) is 25.3 Å². The summed E-state index contributed by atoms with van der Waals surface area (Å²) >= 11 is 0. The van der Waals surface area contributed by atoms with Gasteiger partial charge in [0.1, 0.15) is 17.4 Å². The van der Waals surface area contributed by atoms with E-state index in [1.807, 2.05) is 30.3 Å². The van der Waals surface area contributed by atoms with Crippen LogP contribution in [0.3, 0.4) is 0 Å². The van der Waals surface area contributed by atoms with Crippen LogP contribution in [0.25, 0.3) is 0 Å². The van der Waals surface area contributed by atoms with Gasteiger partial charge in [-0.25, -0.2) is 0 Å². The van der Waals surface area contributed by atoms with Crippen LogP contribution in [0.1, 0.15) is 22.8 Å². The van der Waals surface area contributed by atoms with E-state index in [9.17, 15) is 14.9 Å². The number of amides is 1. The molecule has 2 N–H and O–H groups in total. The number of ketones is 1. The minimum Gasteiger partial charge on any atom is -0.496 e. The van der Waals surface area contributed by atoms with Crippen molar-refractivity contribution in [1.82, 2.24) is 5.32 Å². The quantitative estimate of drug-likeness (QED) is 0.325. The maximum atomic E-state index is 12.2. The van der Waals surface area contributed by atoms with E-state index >= 15 is 0 Å². The van der Waals surface area contributed by atoms with Gasteiger partial charge in [0.2, 0.25) is 0 Å². The number of Topliss-reactive ketones (excluding diaryl/α,β-unsaturated/α-hetero) is 1. The molecule has 0 radical (unpaired) electrons. The number of rotatable bonds is 8. The molecule has 0 atom stereocenters. The molecule has 6 heteroatoms. The van der Waals surface area contributed by atoms with Gasteiger partial charge in [-0.3, -0.25) is 9.59 Å². The molecule has 1 amide bonds. The summed E-state index contributed by atoms with van der Waals surface area (Å²) in [5, 5.41) is 14.8. The fourth-order valence-corrected chi connectivity index (χ4v) is 2.45. The van der Waals surface area contributed by atoms with E-state index in [0.29, 0.717) is 24.2 Å². The van der Waals surface area contributed by atoms with Crippen molar-refractivity contribution in [3.8, 4) is 11.8 Å². The third-order valence-corrected chi connectivity index (χ3v) is 3.87. The number of benzene rings is 2. The van der Waals surface area contributed by atoms with Crippen LogP contribution in [-0.2, 0) is 11.2 Å². The van der Waals surface area contributed by atoms with E-state index in [1.165, 1.54) is 13.1 Å². The Balaban J connectivity index is 1.95. The molecule has 2 rings (SSSR count). The van der Waals surface area contributed by atoms with Crippen LogP contribution in [0.4, 0.5) is 5.69 Å². The Labute approximate surface area is 158 Å². The summed E-state index contributed by atoms with van der Waals surface area (Å²) in [7, 11) is 1.62. The first-order valence-electron chi connectivity index (χ1n) is 8.43. The highest BCUT2D eigenvalue weighted by molar-refractivity contribution is 6.07. The molecule has 0 fully saturated rings. The van der Waals surface area contributed by atoms with Crippen molar-refractivity contribution in [3.63, 3.8) is 0 Å². The number of para-hydroxylation sites is 1. The average molecular weight is 363 g/mol. The monoisotopic (exact) mass is 363 g/mol. The number of nitriles is 1. The number of carbonyl (C=O) groups excluding carboxylic acids is 2. The van der Waals surface area contributed by atoms with Crippen molar-refractivity contribution >= 4 is 17.4 Å². The van der Waals surface area contributed by atoms with Crippen molar-refractivity contribution in [3.05, 3.63) is 71.4 Å². The summed E-state index contributed by atoms with van der Waals surface area (Å²) < 4.78 is 5.29. The predicted molar refractivity (Wildman–Crippen MR) is 103 cm³/mol. The first kappa shape index (κ1) is 19.7. The van der Waals surface area contributed by atoms with E-state index in [2.05, 4.69) is 10.6 Å². The third kappa shape index (κ3) is 5.72. The second-order valence-corrected chi connectivity index (χ2v) is 5.78. The summed E-state index contributed by atoms with van der Waals surface area (Å²) in [5.74, 6) is 0.162. The number of nitrogens with zero attached hydrogens (tertiary/aromatic N) is 1. The number of anilines is 1. The van der Waals surface area contributed by atoms with Gasteiger partial charge in [-0.05, 0) is 37.1 Å². The van der Waals surface area contributed by atoms with Gasteiger partial charge >= 0.3 is 0 Å². The molecule has 0 bridgehead atoms. The van der Waals surface area contributed by atoms with Crippen LogP contribution in [0.15, 0.2) is 60.3 Å². The number of hydrogen-bond acceptors (Lipinski definition) is 5. The lowest BCUT2D eigenvalue weighted by atomic mass is 10.1. The van der Waals surface area contributed by atoms with Crippen molar-refractivity contribution in [2.24, 2.45) is 0 Å². The fraction of sp³-hybridized carbons (Fsp3) is 0.190. The molecule has 0 aliphatic heterocycles. The SMILES string of the molecule is COc1ccccc1CCN/C=C(/C#N)C(=O)Nc1cccc(C(C)=O)c1. The fourth-order valence-electron chi connectivity index (χ4n) is 2.45. The van der Waals surface area contributed by atoms with Crippen LogP contribution in [0, 0.1) is 11.3 Å². The van der Waals surface area contributed by atoms with E-state index in [0.717, 1.165) is 11.3 Å². The Bertz CT molecular complexity index is 898. The topological polar surface area (TPSA) is 91.2 Å². The Kier molecular flexibility index (Phi) is 7.15. The number of nitrogens with one attached hydrogen (secondary N) is 2. The first-order chi connectivity index (χ1) is 13.0. The zero-order valence-electron chi connectivity index (χ0n) is 15.3. The molecule has 0 saturated carbocycles. The standard InChI is InChI=1S/C21H21N3O3/c1-15(25)17-7-5-8-19(12-17)24-21(26)18(13-22)14-23-11-10-16-6-3-4-9-20(16)27-2/h3-9,12,14,23H,10-11H2,1-2H3,(H,24,26)/b18-14-. The molecular weight excluding hydrogens is 342 g/mol. The molecule has 0 aliphatic carbocycles. The van der Waals surface area contributed by atoms with Crippen molar-refractivity contribution in [2.45, 2.75) is 13.3 Å². The normalized spacial score (nSPS) is 10.6. The van der Waals surface area contributed by atoms with Gasteiger partial charge in [-0.2, -0.15) is 5.26 Å². The van der Waals surface area contributed by atoms with Crippen molar-refractivity contribution in [2.75, 3.05) is 19.0 Å². The number of methoxy groups -OCH3 is 1. The van der Waals surface area contributed by atoms with E-state index in [1.54, 1.807) is 31.4 Å². The molecule has 2 aromatic carbocycles. The second kappa shape index (κ2) is 9.78. The van der Waals surface area contributed by atoms with Gasteiger partial charge in [0.15, 0.2) is 5.78 Å². The molecule has 6 nitrogen and oxygen atoms in total. The van der Waals surface area contributed by atoms with Crippen molar-refractivity contribution < 1.29 is 14.3 Å². The van der Waals surface area contributed by atoms with E-state index < -0.39 is 5.91 Å². The lowest BCUT2D eigenvalue weighted by Gasteiger charge is -2.08. The van der Waals surface area contributed by atoms with Crippen LogP contribution in [0.5, 0.6) is 5.75 Å². The molecule has 27 heavy (non-hydrogen) atoms. The highest BCUT2D eigenvalue weighted by Crippen LogP contribution is 2.17. The minimum atomic E-state index is -0.539. The summed E-state index contributed by atoms with van der Waals surface area (Å²) in [6, 6.07) is 16.1. The number of ether oxygens (including phenoxy) is 1. The van der Waals surface area contributed by atoms with Crippen molar-refractivity contribution in [1.29, 1.82) is 5.26 Å². The highest BCUT2D eigenvalue weighted by Gasteiger charge is 2.10. The molecule has 0 saturated heterocycles. The zero-order chi connectivity index (χ0) is 19.6. The average Bonchev–Trinajstić information content (AvgIpc) is 2.68. The predicted octanol–water partition coefficient (Wildman–Crippen LogP) is 3.08. The minimum absolute atomic E-state index is 0.0525. The highest BCUT2D eigenvalue weighted by atomic mass is 16.5. The first-order valence-corrected chi connectivity index (χ1v) is 8.43. The molecule has 138 valence electrons. The summed E-state index contributed by atoms with van der Waals surface area (Å²) in [4.78, 5) is 23.7. The molecule has 0 heterocycles. The van der Waals surface area contributed by atoms with E-state index in [4.69, 9.17) is 4.74 Å². The van der Waals surface area contributed by atoms with Gasteiger partial charge in [0.25, 0.3) is 5.91 Å². The van der Waals surface area contributed by atoms with Gasteiger partial charge in [-0.15, -0.1) is 0 Å². The summed E-state index contributed by atoms with van der Waals surface area (Å²) in [6.45, 7) is 1.99. The maximum Gasteiger partial charge on any atom is 0.267 e. The smallest absolute Gasteiger partial charge is 0.267 e. The summed E-state index contributed by atoms with van der Waals surface area (Å²) in [5.41, 5.74) is 1.93. The second-order valence-electron chi connectivity index (χ2n) is 5.78. The van der Waals surface area contributed by atoms with E-state index in [-0.39, 0.29) is 11.4 Å². The molecule has 0 spiro atoms.